The molecule has 742 valence electrons. The average molecular weight is 1910 g/mol. The van der Waals surface area contributed by atoms with Crippen LogP contribution in [0.15, 0.2) is 260 Å². The lowest BCUT2D eigenvalue weighted by molar-refractivity contribution is -0.140. The molecule has 0 radical (unpaired) electrons. The topological polar surface area (TPSA) is 375 Å². The van der Waals surface area contributed by atoms with Gasteiger partial charge in [0.05, 0.1) is 117 Å². The van der Waals surface area contributed by atoms with Crippen molar-refractivity contribution in [2.24, 2.45) is 17.8 Å². The summed E-state index contributed by atoms with van der Waals surface area (Å²) in [6, 6.07) is 24.8. The number of hydrogen-bond donors (Lipinski definition) is 6. The average Bonchev–Trinajstić information content (AvgIpc) is 0.759. The second-order valence-corrected chi connectivity index (χ2v) is 34.4. The van der Waals surface area contributed by atoms with Gasteiger partial charge in [0.25, 0.3) is 29.5 Å². The first-order valence-corrected chi connectivity index (χ1v) is 45.6. The number of carbonyl (C=O) groups is 10. The third-order valence-electron chi connectivity index (χ3n) is 25.6. The summed E-state index contributed by atoms with van der Waals surface area (Å²) in [6.45, 7) is 45.2. The molecule has 35 nitrogen and oxygen atoms in total. The quantitative estimate of drug-likeness (QED) is 0.0333. The standard InChI is InChI=1S/C26H27N3O4.C22H27N3O6.C21H25N3O5.C18H27N3O3.C17H24N2O3/c1-6-32-26(31)21-16(2)27-24-23(25(30)29(5)17(3)28(24)4)22(21)18-11-10-14-20(15-18)33-19-12-8-7-9-13-19;1-8-31-22(28)16-11(2)23-20-18(21(27)25(5)12(3)24(20)4)17(16)13-9-14(29-6)19(26)15(10-13)30-7;1-7-29-21(27)16-11(2)22-19-18(20(26)24(5)12(3)23(19)4)17(16)13-8-9-14(25)15(10-13)28-6;1-8-24-18(23)14-11(4)19-16-15(13(14)9-10(2)3)17(22)21(7)12(5)20(16)6;1-7-12-14(17(21)22-8-2)10(3)9-13-15(12)16(20)19(6)11(4)18(13)5/h7-15,22,27H,3,6H2,1-2,4-5H3;9-10,17,23,26H,3,8H2,1-2,4-7H3;8-10,17,22,25H,3,7H2,1-2,4-6H3;10,13,19H,5,8-9H2,1-4,6-7H3;12H,4,7-9H2,1-3,5-6H3. The molecule has 1 aliphatic carbocycles. The van der Waals surface area contributed by atoms with E-state index in [1.807, 2.05) is 118 Å². The van der Waals surface area contributed by atoms with Crippen LogP contribution in [0.1, 0.15) is 144 Å². The third-order valence-corrected chi connectivity index (χ3v) is 25.6. The van der Waals surface area contributed by atoms with Gasteiger partial charge in [-0.2, -0.15) is 0 Å². The van der Waals surface area contributed by atoms with E-state index in [1.165, 1.54) is 47.0 Å². The molecule has 9 aliphatic heterocycles. The van der Waals surface area contributed by atoms with Crippen molar-refractivity contribution in [1.29, 1.82) is 0 Å². The number of benzene rings is 4. The molecular weight excluding hydrogens is 1780 g/mol. The van der Waals surface area contributed by atoms with Crippen LogP contribution in [0.3, 0.4) is 0 Å². The number of phenols is 2. The maximum atomic E-state index is 13.4. The molecule has 5 atom stereocenters. The van der Waals surface area contributed by atoms with E-state index in [0.29, 0.717) is 181 Å². The van der Waals surface area contributed by atoms with E-state index >= 15 is 0 Å². The molecule has 4 aromatic carbocycles. The van der Waals surface area contributed by atoms with Crippen molar-refractivity contribution in [1.82, 2.24) is 70.3 Å². The zero-order valence-electron chi connectivity index (χ0n) is 84.4. The summed E-state index contributed by atoms with van der Waals surface area (Å²) in [4.78, 5) is 146. The fraction of sp³-hybridized carbons (Fsp3) is 0.385. The fourth-order valence-electron chi connectivity index (χ4n) is 18.2. The van der Waals surface area contributed by atoms with Gasteiger partial charge in [0, 0.05) is 128 Å². The van der Waals surface area contributed by atoms with Crippen LogP contribution in [0.5, 0.6) is 40.2 Å². The SMILES string of the molecule is C=C1N(C)C(=O)C2=C(CC(C)=C(C(=O)OCC)C2CC)N1C.C=C1N(C)C(=O)C2=C(NC(C)=C(C(=O)OCC)C2CC(C)C)N1C.C=C1N(C)C(=O)C2=C(NC(C)=C(C(=O)OCC)C2c2cc(OC)c(O)c(OC)c2)N1C.C=C1N(C)C(=O)C2=C(NC(C)=C(C(=O)OCC)C2c2ccc(O)c(OC)c2)N1C.C=C1N(C)C(=O)C2=C(NC(C)=C(C(=O)OCC)C2c2cccc(Oc3ccccc3)c2)N1C. The number of phenolic OH excluding ortho intramolecular Hbond substituents is 2. The predicted molar refractivity (Wildman–Crippen MR) is 521 cm³/mol. The number of methoxy groups -OCH3 is 3. The van der Waals surface area contributed by atoms with E-state index in [2.05, 4.69) is 68.0 Å². The molecule has 4 aromatic rings. The Labute approximate surface area is 812 Å². The number of hydrogen-bond acceptors (Lipinski definition) is 30. The zero-order valence-corrected chi connectivity index (χ0v) is 84.4. The first-order chi connectivity index (χ1) is 65.8. The number of dihydropyridines is 4. The highest BCUT2D eigenvalue weighted by atomic mass is 16.6. The predicted octanol–water partition coefficient (Wildman–Crippen LogP) is 12.7. The van der Waals surface area contributed by atoms with E-state index in [0.717, 1.165) is 22.5 Å². The molecule has 0 saturated carbocycles. The van der Waals surface area contributed by atoms with Gasteiger partial charge in [0.1, 0.15) is 63.9 Å². The van der Waals surface area contributed by atoms with Crippen molar-refractivity contribution in [2.75, 3.05) is 125 Å². The van der Waals surface area contributed by atoms with Crippen LogP contribution in [-0.4, -0.2) is 243 Å². The van der Waals surface area contributed by atoms with Crippen LogP contribution in [0.25, 0.3) is 0 Å². The summed E-state index contributed by atoms with van der Waals surface area (Å²) in [5.74, 6) is 1.36. The van der Waals surface area contributed by atoms with Crippen molar-refractivity contribution in [2.45, 2.75) is 127 Å². The normalized spacial score (nSPS) is 19.7. The van der Waals surface area contributed by atoms with Crippen LogP contribution in [0.2, 0.25) is 0 Å². The highest BCUT2D eigenvalue weighted by Gasteiger charge is 2.50. The molecular formula is C104H130N14O21. The van der Waals surface area contributed by atoms with Gasteiger partial charge in [-0.15, -0.1) is 0 Å². The summed E-state index contributed by atoms with van der Waals surface area (Å²) in [7, 11) is 21.8. The lowest BCUT2D eigenvalue weighted by Gasteiger charge is -2.43. The summed E-state index contributed by atoms with van der Waals surface area (Å²) in [5.41, 5.74) is 11.0. The Bertz CT molecular complexity index is 6050. The number of para-hydroxylation sites is 1. The number of aromatic hydroxyl groups is 2. The number of nitrogens with one attached hydrogen (secondary N) is 4. The first-order valence-electron chi connectivity index (χ1n) is 45.6. The second kappa shape index (κ2) is 44.2. The van der Waals surface area contributed by atoms with Crippen LogP contribution in [0, 0.1) is 17.8 Å². The van der Waals surface area contributed by atoms with Crippen molar-refractivity contribution >= 4 is 59.4 Å². The lowest BCUT2D eigenvalue weighted by atomic mass is 9.77. The fourth-order valence-corrected chi connectivity index (χ4v) is 18.2. The van der Waals surface area contributed by atoms with Crippen LogP contribution in [0.4, 0.5) is 0 Å². The molecule has 9 heterocycles. The van der Waals surface area contributed by atoms with Gasteiger partial charge in [0.15, 0.2) is 23.0 Å². The van der Waals surface area contributed by atoms with Gasteiger partial charge < -0.3 is 98.6 Å². The van der Waals surface area contributed by atoms with Crippen molar-refractivity contribution < 1.29 is 101 Å². The smallest absolute Gasteiger partial charge is 0.336 e. The van der Waals surface area contributed by atoms with Gasteiger partial charge in [0.2, 0.25) is 5.75 Å². The molecule has 5 amide bonds. The molecule has 14 rings (SSSR count). The Balaban J connectivity index is 0.000000180. The molecule has 0 bridgehead atoms. The highest BCUT2D eigenvalue weighted by molar-refractivity contribution is 6.07. The largest absolute Gasteiger partial charge is 0.504 e. The lowest BCUT2D eigenvalue weighted by Crippen LogP contribution is -2.49. The number of rotatable bonds is 21. The Kier molecular flexibility index (Phi) is 33.6. The van der Waals surface area contributed by atoms with E-state index in [9.17, 15) is 58.2 Å². The molecule has 0 spiro atoms. The summed E-state index contributed by atoms with van der Waals surface area (Å²) in [5, 5.41) is 33.2. The van der Waals surface area contributed by atoms with E-state index < -0.39 is 35.7 Å². The van der Waals surface area contributed by atoms with Crippen molar-refractivity contribution in [3.8, 4) is 40.2 Å². The van der Waals surface area contributed by atoms with E-state index in [1.54, 1.807) is 137 Å². The van der Waals surface area contributed by atoms with Gasteiger partial charge in [-0.25, -0.2) is 24.0 Å². The minimum Gasteiger partial charge on any atom is -0.504 e. The first kappa shape index (κ1) is 106. The Morgan fingerprint density at radius 3 is 1.07 bits per heavy atom. The zero-order chi connectivity index (χ0) is 103. The van der Waals surface area contributed by atoms with Crippen LogP contribution in [-0.2, 0) is 71.6 Å². The van der Waals surface area contributed by atoms with Crippen LogP contribution < -0.4 is 40.2 Å². The molecule has 0 fully saturated rings. The van der Waals surface area contributed by atoms with E-state index in [4.69, 9.17) is 42.6 Å². The van der Waals surface area contributed by atoms with Crippen LogP contribution >= 0.6 is 0 Å². The molecule has 5 unspecified atom stereocenters. The van der Waals surface area contributed by atoms with E-state index in [-0.39, 0.29) is 107 Å². The molecule has 0 aromatic heterocycles. The summed E-state index contributed by atoms with van der Waals surface area (Å²) < 4.78 is 48.2. The number of likely N-dealkylation sites (N-methyl/N-ethyl adjacent to an activating group) is 5. The Morgan fingerprint density at radius 2 is 0.698 bits per heavy atom. The monoisotopic (exact) mass is 1910 g/mol. The van der Waals surface area contributed by atoms with Gasteiger partial charge >= 0.3 is 29.8 Å². The summed E-state index contributed by atoms with van der Waals surface area (Å²) >= 11 is 0. The number of allylic oxidation sites excluding steroid dienone is 5. The maximum absolute atomic E-state index is 13.4. The third kappa shape index (κ3) is 20.6. The Morgan fingerprint density at radius 1 is 0.374 bits per heavy atom. The molecule has 10 aliphatic rings. The van der Waals surface area contributed by atoms with Crippen molar-refractivity contribution in [3.63, 3.8) is 0 Å². The Hall–Kier alpha value is -15.3. The maximum Gasteiger partial charge on any atom is 0.336 e. The molecule has 0 saturated heterocycles. The number of nitrogens with zero attached hydrogens (tertiary/aromatic N) is 10. The van der Waals surface area contributed by atoms with Crippen molar-refractivity contribution in [3.05, 3.63) is 277 Å². The minimum absolute atomic E-state index is 0.0321. The van der Waals surface area contributed by atoms with Gasteiger partial charge in [-0.05, 0) is 153 Å². The number of ether oxygens (including phenoxy) is 9. The van der Waals surface area contributed by atoms with Gasteiger partial charge in [-0.1, -0.05) is 95.6 Å². The molecule has 35 heteroatoms. The number of amides is 5. The van der Waals surface area contributed by atoms with Gasteiger partial charge in [-0.3, -0.25) is 48.5 Å². The summed E-state index contributed by atoms with van der Waals surface area (Å²) in [6.07, 6.45) is 1.96. The molecule has 139 heavy (non-hydrogen) atoms. The molecule has 6 N–H and O–H groups in total. The highest BCUT2D eigenvalue weighted by Crippen LogP contribution is 2.52. The minimum atomic E-state index is -0.788. The number of esters is 5. The second-order valence-electron chi connectivity index (χ2n) is 34.4. The number of carbonyl (C=O) groups excluding carboxylic acids is 10.